The highest BCUT2D eigenvalue weighted by Gasteiger charge is 2.19. The van der Waals surface area contributed by atoms with Gasteiger partial charge in [-0.3, -0.25) is 4.98 Å². The summed E-state index contributed by atoms with van der Waals surface area (Å²) in [5, 5.41) is 2.93. The van der Waals surface area contributed by atoms with Gasteiger partial charge >= 0.3 is 6.03 Å². The van der Waals surface area contributed by atoms with Crippen LogP contribution in [-0.2, 0) is 0 Å². The lowest BCUT2D eigenvalue weighted by Gasteiger charge is -2.26. The van der Waals surface area contributed by atoms with Gasteiger partial charge in [0.2, 0.25) is 0 Å². The molecule has 2 amide bonds. The highest BCUT2D eigenvalue weighted by molar-refractivity contribution is 5.92. The molecule has 24 heavy (non-hydrogen) atoms. The molecule has 0 unspecified atom stereocenters. The lowest BCUT2D eigenvalue weighted by Crippen LogP contribution is -2.37. The average Bonchev–Trinajstić information content (AvgIpc) is 3.07. The predicted octanol–water partition coefficient (Wildman–Crippen LogP) is 3.88. The number of aromatic nitrogens is 2. The van der Waals surface area contributed by atoms with Gasteiger partial charge in [0.15, 0.2) is 0 Å². The molecule has 4 rings (SSSR count). The summed E-state index contributed by atoms with van der Waals surface area (Å²) in [7, 11) is 0. The lowest BCUT2D eigenvalue weighted by atomic mass is 10.0. The van der Waals surface area contributed by atoms with Crippen molar-refractivity contribution >= 4 is 28.3 Å². The summed E-state index contributed by atoms with van der Waals surface area (Å²) in [5.74, 6) is 0. The molecule has 0 spiro atoms. The van der Waals surface area contributed by atoms with Crippen molar-refractivity contribution in [2.75, 3.05) is 18.4 Å². The van der Waals surface area contributed by atoms with Crippen LogP contribution in [0.2, 0.25) is 0 Å². The number of nitrogens with one attached hydrogen (secondary N) is 2. The zero-order chi connectivity index (χ0) is 16.4. The molecule has 0 saturated carbocycles. The first-order chi connectivity index (χ1) is 11.8. The second kappa shape index (κ2) is 6.20. The van der Waals surface area contributed by atoms with Crippen LogP contribution in [0.5, 0.6) is 0 Å². The number of nitrogens with zero attached hydrogens (tertiary/aromatic N) is 2. The molecule has 3 aromatic rings. The Balaban J connectivity index is 1.48. The van der Waals surface area contributed by atoms with Crippen molar-refractivity contribution in [2.24, 2.45) is 0 Å². The Hall–Kier alpha value is -3.08. The van der Waals surface area contributed by atoms with Crippen molar-refractivity contribution in [2.45, 2.75) is 6.42 Å². The van der Waals surface area contributed by atoms with Gasteiger partial charge in [-0.1, -0.05) is 24.3 Å². The number of aromatic amines is 1. The molecule has 3 heterocycles. The van der Waals surface area contributed by atoms with Crippen LogP contribution >= 0.6 is 0 Å². The summed E-state index contributed by atoms with van der Waals surface area (Å²) in [6.07, 6.45) is 6.75. The number of benzene rings is 1. The highest BCUT2D eigenvalue weighted by atomic mass is 16.2. The van der Waals surface area contributed by atoms with Gasteiger partial charge in [-0.25, -0.2) is 4.79 Å². The first-order valence-corrected chi connectivity index (χ1v) is 8.04. The Morgan fingerprint density at radius 3 is 2.83 bits per heavy atom. The maximum absolute atomic E-state index is 12.3. The Morgan fingerprint density at radius 2 is 2.04 bits per heavy atom. The molecule has 120 valence electrons. The van der Waals surface area contributed by atoms with Crippen LogP contribution in [-0.4, -0.2) is 34.0 Å². The fourth-order valence-corrected chi connectivity index (χ4v) is 3.02. The number of carbonyl (C=O) groups is 1. The van der Waals surface area contributed by atoms with Gasteiger partial charge in [0.05, 0.1) is 11.0 Å². The number of H-pyrrole nitrogens is 1. The Labute approximate surface area is 140 Å². The van der Waals surface area contributed by atoms with Crippen molar-refractivity contribution in [3.05, 3.63) is 66.5 Å². The van der Waals surface area contributed by atoms with E-state index < -0.39 is 0 Å². The number of carbonyl (C=O) groups excluding carboxylic acids is 1. The first-order valence-electron chi connectivity index (χ1n) is 8.04. The molecular formula is C19H18N4O. The molecule has 0 bridgehead atoms. The molecule has 5 nitrogen and oxygen atoms in total. The van der Waals surface area contributed by atoms with Crippen LogP contribution in [0.1, 0.15) is 12.0 Å². The van der Waals surface area contributed by atoms with E-state index >= 15 is 0 Å². The lowest BCUT2D eigenvalue weighted by molar-refractivity contribution is 0.217. The van der Waals surface area contributed by atoms with Crippen LogP contribution in [0.25, 0.3) is 16.6 Å². The number of pyridine rings is 1. The number of anilines is 1. The third-order valence-electron chi connectivity index (χ3n) is 4.30. The van der Waals surface area contributed by atoms with E-state index in [4.69, 9.17) is 0 Å². The van der Waals surface area contributed by atoms with E-state index in [1.165, 1.54) is 5.57 Å². The van der Waals surface area contributed by atoms with Crippen molar-refractivity contribution in [3.8, 4) is 0 Å². The predicted molar refractivity (Wildman–Crippen MR) is 95.7 cm³/mol. The van der Waals surface area contributed by atoms with E-state index in [-0.39, 0.29) is 6.03 Å². The number of amides is 2. The number of para-hydroxylation sites is 1. The van der Waals surface area contributed by atoms with Crippen molar-refractivity contribution in [1.29, 1.82) is 0 Å². The third kappa shape index (κ3) is 2.76. The summed E-state index contributed by atoms with van der Waals surface area (Å²) in [6, 6.07) is 13.4. The van der Waals surface area contributed by atoms with Crippen LogP contribution < -0.4 is 5.32 Å². The van der Waals surface area contributed by atoms with Crippen molar-refractivity contribution in [1.82, 2.24) is 14.9 Å². The largest absolute Gasteiger partial charge is 0.359 e. The van der Waals surface area contributed by atoms with Crippen molar-refractivity contribution < 1.29 is 4.79 Å². The average molecular weight is 318 g/mol. The van der Waals surface area contributed by atoms with E-state index in [0.29, 0.717) is 13.1 Å². The van der Waals surface area contributed by atoms with E-state index in [1.54, 1.807) is 0 Å². The number of hydrogen-bond donors (Lipinski definition) is 2. The first kappa shape index (κ1) is 14.5. The van der Waals surface area contributed by atoms with Gasteiger partial charge in [0.25, 0.3) is 0 Å². The minimum Gasteiger partial charge on any atom is -0.359 e. The molecule has 1 aliphatic rings. The standard InChI is InChI=1S/C19H18N4O/c24-19(22-15-5-2-1-3-6-15)23-11-8-14(9-12-23)16-13-21-17-7-4-10-20-18(16)17/h1-8,10,13,21H,9,11-12H2,(H,22,24). The molecule has 0 saturated heterocycles. The second-order valence-electron chi connectivity index (χ2n) is 5.82. The van der Waals surface area contributed by atoms with Crippen LogP contribution in [0.15, 0.2) is 60.9 Å². The minimum atomic E-state index is -0.0615. The van der Waals surface area contributed by atoms with E-state index in [9.17, 15) is 4.79 Å². The summed E-state index contributed by atoms with van der Waals surface area (Å²) in [4.78, 5) is 21.9. The second-order valence-corrected chi connectivity index (χ2v) is 5.82. The van der Waals surface area contributed by atoms with Crippen LogP contribution in [0, 0.1) is 0 Å². The molecule has 0 fully saturated rings. The van der Waals surface area contributed by atoms with Crippen molar-refractivity contribution in [3.63, 3.8) is 0 Å². The molecule has 5 heteroatoms. The smallest absolute Gasteiger partial charge is 0.322 e. The molecule has 1 aliphatic heterocycles. The maximum atomic E-state index is 12.3. The maximum Gasteiger partial charge on any atom is 0.322 e. The van der Waals surface area contributed by atoms with Gasteiger partial charge in [-0.15, -0.1) is 0 Å². The van der Waals surface area contributed by atoms with Gasteiger partial charge in [0, 0.05) is 36.7 Å². The van der Waals surface area contributed by atoms with Gasteiger partial charge < -0.3 is 15.2 Å². The number of urea groups is 1. The van der Waals surface area contributed by atoms with Gasteiger partial charge in [-0.2, -0.15) is 0 Å². The monoisotopic (exact) mass is 318 g/mol. The van der Waals surface area contributed by atoms with Crippen LogP contribution in [0.4, 0.5) is 10.5 Å². The SMILES string of the molecule is O=C(Nc1ccccc1)N1CC=C(c2c[nH]c3cccnc23)CC1. The summed E-state index contributed by atoms with van der Waals surface area (Å²) < 4.78 is 0. The molecule has 1 aromatic carbocycles. The fourth-order valence-electron chi connectivity index (χ4n) is 3.02. The zero-order valence-electron chi connectivity index (χ0n) is 13.2. The normalized spacial score (nSPS) is 14.5. The molecule has 2 aromatic heterocycles. The zero-order valence-corrected chi connectivity index (χ0v) is 13.2. The molecular weight excluding hydrogens is 300 g/mol. The Kier molecular flexibility index (Phi) is 3.75. The van der Waals surface area contributed by atoms with E-state index in [2.05, 4.69) is 21.4 Å². The summed E-state index contributed by atoms with van der Waals surface area (Å²) in [6.45, 7) is 1.30. The molecule has 0 radical (unpaired) electrons. The molecule has 0 atom stereocenters. The molecule has 2 N–H and O–H groups in total. The number of fused-ring (bicyclic) bond motifs is 1. The summed E-state index contributed by atoms with van der Waals surface area (Å²) >= 11 is 0. The van der Waals surface area contributed by atoms with Gasteiger partial charge in [0.1, 0.15) is 0 Å². The molecule has 0 aliphatic carbocycles. The quantitative estimate of drug-likeness (QED) is 0.753. The van der Waals surface area contributed by atoms with Crippen LogP contribution in [0.3, 0.4) is 0 Å². The van der Waals surface area contributed by atoms with E-state index in [0.717, 1.165) is 28.7 Å². The van der Waals surface area contributed by atoms with Gasteiger partial charge in [-0.05, 0) is 36.3 Å². The Morgan fingerprint density at radius 1 is 1.17 bits per heavy atom. The highest BCUT2D eigenvalue weighted by Crippen LogP contribution is 2.28. The third-order valence-corrected chi connectivity index (χ3v) is 4.30. The Bertz CT molecular complexity index is 898. The summed E-state index contributed by atoms with van der Waals surface area (Å²) in [5.41, 5.74) is 5.22. The number of hydrogen-bond acceptors (Lipinski definition) is 2. The van der Waals surface area contributed by atoms with E-state index in [1.807, 2.05) is 59.8 Å². The minimum absolute atomic E-state index is 0.0615. The topological polar surface area (TPSA) is 61.0 Å². The fraction of sp³-hybridized carbons (Fsp3) is 0.158. The number of rotatable bonds is 2.